The number of thioether (sulfide) groups is 1. The van der Waals surface area contributed by atoms with Gasteiger partial charge in [-0.3, -0.25) is 0 Å². The molecule has 0 unspecified atom stereocenters. The highest BCUT2D eigenvalue weighted by Gasteiger charge is 2.09. The summed E-state index contributed by atoms with van der Waals surface area (Å²) in [4.78, 5) is 1.33. The predicted octanol–water partition coefficient (Wildman–Crippen LogP) is 4.66. The van der Waals surface area contributed by atoms with Gasteiger partial charge < -0.3 is 10.2 Å². The van der Waals surface area contributed by atoms with Crippen molar-refractivity contribution in [2.24, 2.45) is 0 Å². The highest BCUT2D eigenvalue weighted by atomic mass is 35.7. The Morgan fingerprint density at radius 1 is 0.733 bits per heavy atom. The van der Waals surface area contributed by atoms with E-state index in [2.05, 4.69) is 48.5 Å². The molecule has 0 aliphatic heterocycles. The Bertz CT molecular complexity index is 1010. The van der Waals surface area contributed by atoms with E-state index in [1.165, 1.54) is 28.2 Å². The Balaban J connectivity index is 0.000000222. The van der Waals surface area contributed by atoms with E-state index >= 15 is 0 Å². The maximum atomic E-state index is 10.9. The van der Waals surface area contributed by atoms with Crippen LogP contribution in [0.15, 0.2) is 88.7 Å². The quantitative estimate of drug-likeness (QED) is 0.374. The first-order chi connectivity index (χ1) is 14.4. The summed E-state index contributed by atoms with van der Waals surface area (Å²) < 4.78 is 21.8. The molecule has 0 aliphatic rings. The van der Waals surface area contributed by atoms with E-state index in [1.807, 2.05) is 17.8 Å². The Kier molecular flexibility index (Phi) is 10.4. The summed E-state index contributed by atoms with van der Waals surface area (Å²) >= 11 is 1.83. The highest BCUT2D eigenvalue weighted by Crippen LogP contribution is 2.23. The fourth-order valence-electron chi connectivity index (χ4n) is 2.64. The van der Waals surface area contributed by atoms with E-state index < -0.39 is 9.05 Å². The van der Waals surface area contributed by atoms with E-state index in [-0.39, 0.29) is 18.1 Å². The number of aliphatic hydroxyl groups is 2. The third kappa shape index (κ3) is 8.90. The molecule has 0 spiro atoms. The van der Waals surface area contributed by atoms with Gasteiger partial charge in [0.25, 0.3) is 9.05 Å². The molecule has 0 heterocycles. The van der Waals surface area contributed by atoms with E-state index in [4.69, 9.17) is 20.9 Å². The lowest BCUT2D eigenvalue weighted by molar-refractivity contribution is 0.299. The molecule has 0 bridgehead atoms. The van der Waals surface area contributed by atoms with Gasteiger partial charge in [-0.1, -0.05) is 54.6 Å². The van der Waals surface area contributed by atoms with Crippen LogP contribution in [0.5, 0.6) is 0 Å². The van der Waals surface area contributed by atoms with Gasteiger partial charge >= 0.3 is 0 Å². The SMILES string of the molecule is O=S(=O)(Cl)c1cccc(CCO)c1.OCCc1cccc(SCc2ccccc2)c1. The molecule has 30 heavy (non-hydrogen) atoms. The number of benzene rings is 3. The van der Waals surface area contributed by atoms with Crippen LogP contribution in [0, 0.1) is 0 Å². The Morgan fingerprint density at radius 2 is 1.30 bits per heavy atom. The van der Waals surface area contributed by atoms with Gasteiger partial charge in [-0.2, -0.15) is 0 Å². The molecule has 4 nitrogen and oxygen atoms in total. The normalized spacial score (nSPS) is 10.9. The van der Waals surface area contributed by atoms with Crippen LogP contribution >= 0.6 is 22.4 Å². The van der Waals surface area contributed by atoms with Crippen molar-refractivity contribution in [1.82, 2.24) is 0 Å². The zero-order chi connectivity index (χ0) is 21.8. The summed E-state index contributed by atoms with van der Waals surface area (Å²) in [7, 11) is 1.49. The van der Waals surface area contributed by atoms with Crippen LogP contribution in [0.4, 0.5) is 0 Å². The Morgan fingerprint density at radius 3 is 1.90 bits per heavy atom. The Labute approximate surface area is 187 Å². The van der Waals surface area contributed by atoms with E-state index in [0.717, 1.165) is 17.7 Å². The van der Waals surface area contributed by atoms with E-state index in [0.29, 0.717) is 6.42 Å². The largest absolute Gasteiger partial charge is 0.396 e. The first-order valence-electron chi connectivity index (χ1n) is 9.43. The van der Waals surface area contributed by atoms with Gasteiger partial charge in [-0.25, -0.2) is 8.42 Å². The molecular formula is C23H25ClO4S2. The molecule has 0 fully saturated rings. The number of aliphatic hydroxyl groups excluding tert-OH is 2. The summed E-state index contributed by atoms with van der Waals surface area (Å²) in [5, 5.41) is 17.5. The first-order valence-corrected chi connectivity index (χ1v) is 12.7. The number of hydrogen-bond acceptors (Lipinski definition) is 5. The smallest absolute Gasteiger partial charge is 0.261 e. The molecule has 0 aromatic heterocycles. The van der Waals surface area contributed by atoms with Gasteiger partial charge in [0.05, 0.1) is 4.90 Å². The summed E-state index contributed by atoms with van der Waals surface area (Å²) in [6.45, 7) is 0.207. The van der Waals surface area contributed by atoms with Crippen LogP contribution in [0.1, 0.15) is 16.7 Å². The summed E-state index contributed by atoms with van der Waals surface area (Å²) in [6.07, 6.45) is 1.17. The van der Waals surface area contributed by atoms with Crippen LogP contribution in [0.25, 0.3) is 0 Å². The number of hydrogen-bond donors (Lipinski definition) is 2. The molecule has 0 saturated carbocycles. The molecule has 3 aromatic carbocycles. The number of rotatable bonds is 8. The third-order valence-corrected chi connectivity index (χ3v) is 6.54. The van der Waals surface area contributed by atoms with Crippen molar-refractivity contribution in [3.05, 3.63) is 95.6 Å². The first kappa shape index (κ1) is 24.4. The van der Waals surface area contributed by atoms with Gasteiger partial charge in [-0.05, 0) is 53.8 Å². The second-order valence-corrected chi connectivity index (χ2v) is 10.1. The van der Waals surface area contributed by atoms with Gasteiger partial charge in [-0.15, -0.1) is 11.8 Å². The summed E-state index contributed by atoms with van der Waals surface area (Å²) in [5.74, 6) is 0.990. The average Bonchev–Trinajstić information content (AvgIpc) is 2.74. The lowest BCUT2D eigenvalue weighted by Crippen LogP contribution is -1.94. The fraction of sp³-hybridized carbons (Fsp3) is 0.217. The van der Waals surface area contributed by atoms with Gasteiger partial charge in [0, 0.05) is 34.5 Å². The van der Waals surface area contributed by atoms with Crippen molar-refractivity contribution >= 4 is 31.5 Å². The van der Waals surface area contributed by atoms with Crippen LogP contribution < -0.4 is 0 Å². The van der Waals surface area contributed by atoms with Gasteiger partial charge in [0.15, 0.2) is 0 Å². The minimum atomic E-state index is -3.65. The summed E-state index contributed by atoms with van der Waals surface area (Å²) in [5.41, 5.74) is 3.29. The molecule has 3 aromatic rings. The zero-order valence-corrected chi connectivity index (χ0v) is 18.8. The van der Waals surface area contributed by atoms with Crippen molar-refractivity contribution in [1.29, 1.82) is 0 Å². The van der Waals surface area contributed by atoms with Crippen LogP contribution in [-0.2, 0) is 27.6 Å². The van der Waals surface area contributed by atoms with Crippen molar-refractivity contribution < 1.29 is 18.6 Å². The maximum absolute atomic E-state index is 10.9. The second kappa shape index (κ2) is 12.8. The van der Waals surface area contributed by atoms with Crippen molar-refractivity contribution in [3.63, 3.8) is 0 Å². The van der Waals surface area contributed by atoms with Crippen LogP contribution in [0.2, 0.25) is 0 Å². The maximum Gasteiger partial charge on any atom is 0.261 e. The standard InChI is InChI=1S/C15H16OS.C8H9ClO3S/c16-10-9-13-7-4-8-15(11-13)17-12-14-5-2-1-3-6-14;9-13(11,12)8-3-1-2-7(6-8)4-5-10/h1-8,11,16H,9-10,12H2;1-3,6,10H,4-5H2. The van der Waals surface area contributed by atoms with Crippen LogP contribution in [0.3, 0.4) is 0 Å². The monoisotopic (exact) mass is 464 g/mol. The van der Waals surface area contributed by atoms with Crippen molar-refractivity contribution in [3.8, 4) is 0 Å². The third-order valence-electron chi connectivity index (χ3n) is 4.13. The Hall–Kier alpha value is -1.83. The topological polar surface area (TPSA) is 74.6 Å². The lowest BCUT2D eigenvalue weighted by atomic mass is 10.2. The molecule has 0 radical (unpaired) electrons. The molecule has 0 aliphatic carbocycles. The molecular weight excluding hydrogens is 440 g/mol. The minimum absolute atomic E-state index is 0.00815. The number of halogens is 1. The molecule has 3 rings (SSSR count). The lowest BCUT2D eigenvalue weighted by Gasteiger charge is -2.04. The molecule has 2 N–H and O–H groups in total. The van der Waals surface area contributed by atoms with Crippen molar-refractivity contribution in [2.45, 2.75) is 28.4 Å². The van der Waals surface area contributed by atoms with E-state index in [9.17, 15) is 8.42 Å². The molecule has 0 saturated heterocycles. The average molecular weight is 465 g/mol. The highest BCUT2D eigenvalue weighted by molar-refractivity contribution is 8.13. The molecule has 7 heteroatoms. The molecule has 0 amide bonds. The predicted molar refractivity (Wildman–Crippen MR) is 124 cm³/mol. The van der Waals surface area contributed by atoms with Crippen LogP contribution in [-0.4, -0.2) is 31.8 Å². The van der Waals surface area contributed by atoms with E-state index in [1.54, 1.807) is 12.1 Å². The summed E-state index contributed by atoms with van der Waals surface area (Å²) in [6, 6.07) is 25.1. The van der Waals surface area contributed by atoms with Gasteiger partial charge in [0.1, 0.15) is 0 Å². The second-order valence-electron chi connectivity index (χ2n) is 6.45. The fourth-order valence-corrected chi connectivity index (χ4v) is 4.40. The molecule has 160 valence electrons. The van der Waals surface area contributed by atoms with Crippen molar-refractivity contribution in [2.75, 3.05) is 13.2 Å². The zero-order valence-electron chi connectivity index (χ0n) is 16.4. The minimum Gasteiger partial charge on any atom is -0.396 e. The van der Waals surface area contributed by atoms with Gasteiger partial charge in [0.2, 0.25) is 0 Å². The molecule has 0 atom stereocenters.